The maximum atomic E-state index is 11.8. The average molecular weight is 265 g/mol. The number of hydrogen-bond acceptors (Lipinski definition) is 4. The zero-order valence-electron chi connectivity index (χ0n) is 10.8. The van der Waals surface area contributed by atoms with Crippen LogP contribution >= 0.6 is 11.8 Å². The Morgan fingerprint density at radius 3 is 2.56 bits per heavy atom. The topological polar surface area (TPSA) is 52.3 Å². The normalized spacial score (nSPS) is 18.2. The Balaban J connectivity index is 2.02. The molecule has 1 fully saturated rings. The van der Waals surface area contributed by atoms with Crippen LogP contribution in [0.15, 0.2) is 29.2 Å². The number of carbonyl (C=O) groups is 1. The van der Waals surface area contributed by atoms with E-state index in [-0.39, 0.29) is 11.9 Å². The fraction of sp³-hybridized carbons (Fsp3) is 0.500. The lowest BCUT2D eigenvalue weighted by molar-refractivity contribution is -0.146. The molecule has 2 rings (SSSR count). The Kier molecular flexibility index (Phi) is 3.97. The summed E-state index contributed by atoms with van der Waals surface area (Å²) in [5, 5.41) is 0. The fourth-order valence-corrected chi connectivity index (χ4v) is 3.06. The number of thioether (sulfide) groups is 1. The van der Waals surface area contributed by atoms with Gasteiger partial charge in [0.05, 0.1) is 7.11 Å². The second kappa shape index (κ2) is 5.33. The highest BCUT2D eigenvalue weighted by molar-refractivity contribution is 7.99. The molecular weight excluding hydrogens is 246 g/mol. The van der Waals surface area contributed by atoms with Crippen molar-refractivity contribution in [1.29, 1.82) is 0 Å². The molecule has 0 bridgehead atoms. The Morgan fingerprint density at radius 2 is 2.06 bits per heavy atom. The van der Waals surface area contributed by atoms with Gasteiger partial charge in [0.25, 0.3) is 0 Å². The third kappa shape index (κ3) is 2.87. The van der Waals surface area contributed by atoms with Crippen molar-refractivity contribution in [2.24, 2.45) is 11.7 Å². The van der Waals surface area contributed by atoms with Crippen molar-refractivity contribution >= 4 is 17.7 Å². The van der Waals surface area contributed by atoms with E-state index in [1.165, 1.54) is 12.7 Å². The van der Waals surface area contributed by atoms with Crippen LogP contribution in [0.3, 0.4) is 0 Å². The summed E-state index contributed by atoms with van der Waals surface area (Å²) in [6.07, 6.45) is 2.06. The number of hydrogen-bond donors (Lipinski definition) is 1. The Hall–Kier alpha value is -1.00. The standard InChI is InChI=1S/C14H19NO2S/c1-10-3-7-12(8-4-10)18-9-14(15,11-5-6-11)13(16)17-2/h3-4,7-8,11H,5-6,9,15H2,1-2H3. The van der Waals surface area contributed by atoms with E-state index >= 15 is 0 Å². The van der Waals surface area contributed by atoms with Crippen LogP contribution in [0, 0.1) is 12.8 Å². The van der Waals surface area contributed by atoms with E-state index in [4.69, 9.17) is 10.5 Å². The number of benzene rings is 1. The molecule has 1 unspecified atom stereocenters. The van der Waals surface area contributed by atoms with Gasteiger partial charge in [0.15, 0.2) is 0 Å². The summed E-state index contributed by atoms with van der Waals surface area (Å²) in [7, 11) is 1.41. The smallest absolute Gasteiger partial charge is 0.327 e. The molecule has 0 aromatic heterocycles. The third-order valence-electron chi connectivity index (χ3n) is 3.37. The van der Waals surface area contributed by atoms with E-state index in [0.717, 1.165) is 17.7 Å². The minimum atomic E-state index is -0.829. The first-order valence-electron chi connectivity index (χ1n) is 6.13. The van der Waals surface area contributed by atoms with Gasteiger partial charge in [-0.25, -0.2) is 0 Å². The highest BCUT2D eigenvalue weighted by Crippen LogP contribution is 2.41. The maximum absolute atomic E-state index is 11.8. The maximum Gasteiger partial charge on any atom is 0.327 e. The molecule has 4 heteroatoms. The van der Waals surface area contributed by atoms with Gasteiger partial charge >= 0.3 is 5.97 Å². The summed E-state index contributed by atoms with van der Waals surface area (Å²) < 4.78 is 4.85. The van der Waals surface area contributed by atoms with Crippen LogP contribution in [-0.4, -0.2) is 24.4 Å². The number of nitrogens with two attached hydrogens (primary N) is 1. The largest absolute Gasteiger partial charge is 0.468 e. The highest BCUT2D eigenvalue weighted by atomic mass is 32.2. The van der Waals surface area contributed by atoms with Crippen molar-refractivity contribution < 1.29 is 9.53 Å². The van der Waals surface area contributed by atoms with Gasteiger partial charge in [-0.15, -0.1) is 11.8 Å². The van der Waals surface area contributed by atoms with E-state index in [1.807, 2.05) is 0 Å². The minimum absolute atomic E-state index is 0.280. The number of carbonyl (C=O) groups excluding carboxylic acids is 1. The summed E-state index contributed by atoms with van der Waals surface area (Å²) in [5.74, 6) is 0.570. The molecule has 0 amide bonds. The Labute approximate surface area is 112 Å². The zero-order valence-corrected chi connectivity index (χ0v) is 11.6. The van der Waals surface area contributed by atoms with Gasteiger partial charge in [-0.3, -0.25) is 4.79 Å². The predicted molar refractivity (Wildman–Crippen MR) is 73.6 cm³/mol. The molecule has 0 saturated heterocycles. The molecule has 0 heterocycles. The van der Waals surface area contributed by atoms with Crippen molar-refractivity contribution in [3.8, 4) is 0 Å². The van der Waals surface area contributed by atoms with Gasteiger partial charge in [0.2, 0.25) is 0 Å². The second-order valence-corrected chi connectivity index (χ2v) is 5.96. The third-order valence-corrected chi connectivity index (χ3v) is 4.60. The van der Waals surface area contributed by atoms with Crippen molar-refractivity contribution in [2.75, 3.05) is 12.9 Å². The first-order chi connectivity index (χ1) is 8.56. The van der Waals surface area contributed by atoms with Gasteiger partial charge in [0, 0.05) is 10.6 Å². The molecule has 0 aliphatic heterocycles. The lowest BCUT2D eigenvalue weighted by Gasteiger charge is -2.25. The highest BCUT2D eigenvalue weighted by Gasteiger charge is 2.48. The van der Waals surface area contributed by atoms with E-state index < -0.39 is 5.54 Å². The molecule has 3 nitrogen and oxygen atoms in total. The Morgan fingerprint density at radius 1 is 1.44 bits per heavy atom. The fourth-order valence-electron chi connectivity index (χ4n) is 1.97. The van der Waals surface area contributed by atoms with Crippen LogP contribution < -0.4 is 5.73 Å². The van der Waals surface area contributed by atoms with Gasteiger partial charge in [-0.2, -0.15) is 0 Å². The number of esters is 1. The molecule has 0 spiro atoms. The zero-order chi connectivity index (χ0) is 13.2. The van der Waals surface area contributed by atoms with E-state index in [1.54, 1.807) is 11.8 Å². The summed E-state index contributed by atoms with van der Waals surface area (Å²) in [6, 6.07) is 8.25. The van der Waals surface area contributed by atoms with Crippen LogP contribution in [0.2, 0.25) is 0 Å². The van der Waals surface area contributed by atoms with Crippen molar-refractivity contribution in [3.05, 3.63) is 29.8 Å². The first-order valence-corrected chi connectivity index (χ1v) is 7.11. The van der Waals surface area contributed by atoms with Crippen LogP contribution in [0.4, 0.5) is 0 Å². The van der Waals surface area contributed by atoms with Crippen molar-refractivity contribution in [3.63, 3.8) is 0 Å². The number of rotatable bonds is 5. The van der Waals surface area contributed by atoms with E-state index in [2.05, 4.69) is 31.2 Å². The predicted octanol–water partition coefficient (Wildman–Crippen LogP) is 2.37. The first kappa shape index (κ1) is 13.4. The summed E-state index contributed by atoms with van der Waals surface area (Å²) in [5.41, 5.74) is 6.64. The number of aryl methyl sites for hydroxylation is 1. The molecule has 1 aromatic carbocycles. The summed E-state index contributed by atoms with van der Waals surface area (Å²) >= 11 is 1.62. The lowest BCUT2D eigenvalue weighted by Crippen LogP contribution is -2.53. The number of methoxy groups -OCH3 is 1. The second-order valence-electron chi connectivity index (χ2n) is 4.91. The SMILES string of the molecule is COC(=O)C(N)(CSc1ccc(C)cc1)C1CC1. The molecule has 1 aliphatic rings. The van der Waals surface area contributed by atoms with Crippen LogP contribution in [0.1, 0.15) is 18.4 Å². The molecule has 0 radical (unpaired) electrons. The van der Waals surface area contributed by atoms with Crippen molar-refractivity contribution in [2.45, 2.75) is 30.2 Å². The average Bonchev–Trinajstić information content (AvgIpc) is 3.21. The lowest BCUT2D eigenvalue weighted by atomic mass is 9.97. The van der Waals surface area contributed by atoms with Gasteiger partial charge < -0.3 is 10.5 Å². The Bertz CT molecular complexity index is 428. The number of ether oxygens (including phenoxy) is 1. The molecule has 98 valence electrons. The summed E-state index contributed by atoms with van der Waals surface area (Å²) in [6.45, 7) is 2.06. The molecular formula is C14H19NO2S. The van der Waals surface area contributed by atoms with E-state index in [0.29, 0.717) is 5.75 Å². The van der Waals surface area contributed by atoms with Crippen LogP contribution in [0.25, 0.3) is 0 Å². The molecule has 1 aromatic rings. The van der Waals surface area contributed by atoms with Crippen LogP contribution in [-0.2, 0) is 9.53 Å². The van der Waals surface area contributed by atoms with Crippen molar-refractivity contribution in [1.82, 2.24) is 0 Å². The molecule has 1 saturated carbocycles. The minimum Gasteiger partial charge on any atom is -0.468 e. The monoisotopic (exact) mass is 265 g/mol. The quantitative estimate of drug-likeness (QED) is 0.656. The van der Waals surface area contributed by atoms with Gasteiger partial charge in [-0.1, -0.05) is 17.7 Å². The van der Waals surface area contributed by atoms with Crippen LogP contribution in [0.5, 0.6) is 0 Å². The van der Waals surface area contributed by atoms with Gasteiger partial charge in [0.1, 0.15) is 5.54 Å². The van der Waals surface area contributed by atoms with Gasteiger partial charge in [-0.05, 0) is 37.8 Å². The molecule has 1 aliphatic carbocycles. The molecule has 1 atom stereocenters. The van der Waals surface area contributed by atoms with E-state index in [9.17, 15) is 4.79 Å². The summed E-state index contributed by atoms with van der Waals surface area (Å²) in [4.78, 5) is 13.0. The molecule has 18 heavy (non-hydrogen) atoms. The molecule has 2 N–H and O–H groups in total.